The van der Waals surface area contributed by atoms with Crippen molar-refractivity contribution in [3.63, 3.8) is 0 Å². The average molecular weight is 382 g/mol. The molecular formula is C21H20F2N4O. The monoisotopic (exact) mass is 382 g/mol. The molecule has 2 aromatic heterocycles. The molecule has 0 atom stereocenters. The van der Waals surface area contributed by atoms with E-state index < -0.39 is 17.5 Å². The van der Waals surface area contributed by atoms with Gasteiger partial charge in [-0.3, -0.25) is 14.5 Å². The Labute approximate surface area is 161 Å². The zero-order chi connectivity index (χ0) is 19.5. The molecule has 1 amide bonds. The fraction of sp³-hybridized carbons (Fsp3) is 0.286. The second-order valence-corrected chi connectivity index (χ2v) is 6.80. The Hall–Kier alpha value is -3.09. The lowest BCUT2D eigenvalue weighted by atomic mass is 9.95. The molecule has 0 fully saturated rings. The molecule has 2 heterocycles. The van der Waals surface area contributed by atoms with Crippen LogP contribution in [0.3, 0.4) is 0 Å². The molecule has 1 aliphatic rings. The summed E-state index contributed by atoms with van der Waals surface area (Å²) in [6, 6.07) is 8.89. The minimum absolute atomic E-state index is 0.0931. The number of nitrogens with zero attached hydrogens (tertiary/aromatic N) is 3. The topological polar surface area (TPSA) is 59.8 Å². The summed E-state index contributed by atoms with van der Waals surface area (Å²) in [6.07, 6.45) is 5.92. The molecule has 1 aromatic carbocycles. The fourth-order valence-electron chi connectivity index (χ4n) is 3.58. The molecular weight excluding hydrogens is 362 g/mol. The molecule has 7 heteroatoms. The first-order chi connectivity index (χ1) is 13.6. The quantitative estimate of drug-likeness (QED) is 0.734. The van der Waals surface area contributed by atoms with Crippen molar-refractivity contribution in [2.75, 3.05) is 6.54 Å². The van der Waals surface area contributed by atoms with E-state index in [1.165, 1.54) is 17.3 Å². The molecule has 0 unspecified atom stereocenters. The SMILES string of the molecule is O=C(NCCn1nc(-c2ccccn2)c2c1CCCC2)c1ccc(F)c(F)c1. The van der Waals surface area contributed by atoms with Crippen molar-refractivity contribution < 1.29 is 13.6 Å². The van der Waals surface area contributed by atoms with Gasteiger partial charge in [-0.1, -0.05) is 6.07 Å². The van der Waals surface area contributed by atoms with Crippen LogP contribution in [0.15, 0.2) is 42.6 Å². The maximum Gasteiger partial charge on any atom is 0.251 e. The molecule has 4 rings (SSSR count). The van der Waals surface area contributed by atoms with Gasteiger partial charge in [-0.25, -0.2) is 8.78 Å². The number of aromatic nitrogens is 3. The molecule has 28 heavy (non-hydrogen) atoms. The number of carbonyl (C=O) groups excluding carboxylic acids is 1. The number of fused-ring (bicyclic) bond motifs is 1. The maximum atomic E-state index is 13.3. The van der Waals surface area contributed by atoms with Crippen LogP contribution < -0.4 is 5.32 Å². The van der Waals surface area contributed by atoms with Crippen molar-refractivity contribution in [2.24, 2.45) is 0 Å². The highest BCUT2D eigenvalue weighted by Crippen LogP contribution is 2.30. The zero-order valence-electron chi connectivity index (χ0n) is 15.3. The standard InChI is InChI=1S/C21H20F2N4O/c22-16-9-8-14(13-17(16)23)21(28)25-11-12-27-19-7-2-1-5-15(19)20(26-27)18-6-3-4-10-24-18/h3-4,6,8-10,13H,1-2,5,7,11-12H2,(H,25,28). The van der Waals surface area contributed by atoms with E-state index in [0.717, 1.165) is 49.2 Å². The number of carbonyl (C=O) groups is 1. The van der Waals surface area contributed by atoms with Gasteiger partial charge in [-0.2, -0.15) is 5.10 Å². The first-order valence-electron chi connectivity index (χ1n) is 9.36. The van der Waals surface area contributed by atoms with Gasteiger partial charge in [-0.15, -0.1) is 0 Å². The summed E-state index contributed by atoms with van der Waals surface area (Å²) in [6.45, 7) is 0.845. The summed E-state index contributed by atoms with van der Waals surface area (Å²) in [7, 11) is 0. The number of halogens is 2. The average Bonchev–Trinajstić information content (AvgIpc) is 3.09. The second kappa shape index (κ2) is 7.88. The van der Waals surface area contributed by atoms with E-state index in [0.29, 0.717) is 13.1 Å². The van der Waals surface area contributed by atoms with E-state index in [2.05, 4.69) is 10.3 Å². The number of pyridine rings is 1. The highest BCUT2D eigenvalue weighted by Gasteiger charge is 2.22. The molecule has 3 aromatic rings. The fourth-order valence-corrected chi connectivity index (χ4v) is 3.58. The Bertz CT molecular complexity index is 1000. The number of amides is 1. The van der Waals surface area contributed by atoms with Crippen LogP contribution in [-0.2, 0) is 19.4 Å². The first-order valence-corrected chi connectivity index (χ1v) is 9.36. The van der Waals surface area contributed by atoms with Gasteiger partial charge in [0.2, 0.25) is 0 Å². The van der Waals surface area contributed by atoms with Crippen molar-refractivity contribution >= 4 is 5.91 Å². The van der Waals surface area contributed by atoms with Crippen molar-refractivity contribution in [3.05, 3.63) is 71.1 Å². The Balaban J connectivity index is 1.48. The lowest BCUT2D eigenvalue weighted by Gasteiger charge is -2.14. The summed E-state index contributed by atoms with van der Waals surface area (Å²) in [5.74, 6) is -2.44. The third-order valence-corrected chi connectivity index (χ3v) is 4.96. The minimum atomic E-state index is -1.03. The predicted octanol–water partition coefficient (Wildman–Crippen LogP) is 3.53. The first kappa shape index (κ1) is 18.3. The lowest BCUT2D eigenvalue weighted by molar-refractivity contribution is 0.0951. The maximum absolute atomic E-state index is 13.3. The number of hydrogen-bond donors (Lipinski definition) is 1. The van der Waals surface area contributed by atoms with Gasteiger partial charge in [0.05, 0.1) is 12.2 Å². The molecule has 0 bridgehead atoms. The van der Waals surface area contributed by atoms with Crippen LogP contribution in [-0.4, -0.2) is 27.2 Å². The van der Waals surface area contributed by atoms with E-state index in [4.69, 9.17) is 5.10 Å². The van der Waals surface area contributed by atoms with Crippen LogP contribution in [0.4, 0.5) is 8.78 Å². The molecule has 0 saturated heterocycles. The molecule has 0 saturated carbocycles. The van der Waals surface area contributed by atoms with Crippen molar-refractivity contribution in [2.45, 2.75) is 32.2 Å². The van der Waals surface area contributed by atoms with Crippen LogP contribution in [0.1, 0.15) is 34.5 Å². The molecule has 0 radical (unpaired) electrons. The van der Waals surface area contributed by atoms with Gasteiger partial charge in [-0.05, 0) is 56.0 Å². The third kappa shape index (κ3) is 3.65. The molecule has 1 N–H and O–H groups in total. The predicted molar refractivity (Wildman–Crippen MR) is 101 cm³/mol. The second-order valence-electron chi connectivity index (χ2n) is 6.80. The Morgan fingerprint density at radius 3 is 2.75 bits per heavy atom. The van der Waals surface area contributed by atoms with Crippen LogP contribution >= 0.6 is 0 Å². The van der Waals surface area contributed by atoms with Gasteiger partial charge in [0.25, 0.3) is 5.91 Å². The number of rotatable bonds is 5. The van der Waals surface area contributed by atoms with Crippen LogP contribution in [0.5, 0.6) is 0 Å². The van der Waals surface area contributed by atoms with E-state index >= 15 is 0 Å². The molecule has 144 valence electrons. The highest BCUT2D eigenvalue weighted by atomic mass is 19.2. The van der Waals surface area contributed by atoms with Crippen molar-refractivity contribution in [1.29, 1.82) is 0 Å². The number of nitrogens with one attached hydrogen (secondary N) is 1. The highest BCUT2D eigenvalue weighted by molar-refractivity contribution is 5.94. The molecule has 0 spiro atoms. The smallest absolute Gasteiger partial charge is 0.251 e. The van der Waals surface area contributed by atoms with Crippen molar-refractivity contribution in [3.8, 4) is 11.4 Å². The van der Waals surface area contributed by atoms with E-state index in [1.54, 1.807) is 6.20 Å². The zero-order valence-corrected chi connectivity index (χ0v) is 15.3. The van der Waals surface area contributed by atoms with Crippen LogP contribution in [0.2, 0.25) is 0 Å². The van der Waals surface area contributed by atoms with Crippen LogP contribution in [0, 0.1) is 11.6 Å². The number of hydrogen-bond acceptors (Lipinski definition) is 3. The van der Waals surface area contributed by atoms with Gasteiger partial charge >= 0.3 is 0 Å². The Morgan fingerprint density at radius 2 is 1.96 bits per heavy atom. The van der Waals surface area contributed by atoms with E-state index in [1.807, 2.05) is 22.9 Å². The van der Waals surface area contributed by atoms with Gasteiger partial charge in [0.1, 0.15) is 5.69 Å². The third-order valence-electron chi connectivity index (χ3n) is 4.96. The summed E-state index contributed by atoms with van der Waals surface area (Å²) >= 11 is 0. The summed E-state index contributed by atoms with van der Waals surface area (Å²) in [5.41, 5.74) is 4.27. The Morgan fingerprint density at radius 1 is 1.11 bits per heavy atom. The normalized spacial score (nSPS) is 13.2. The molecule has 0 aliphatic heterocycles. The summed E-state index contributed by atoms with van der Waals surface area (Å²) < 4.78 is 28.3. The number of benzene rings is 1. The lowest BCUT2D eigenvalue weighted by Crippen LogP contribution is -2.28. The van der Waals surface area contributed by atoms with Crippen molar-refractivity contribution in [1.82, 2.24) is 20.1 Å². The van der Waals surface area contributed by atoms with Gasteiger partial charge in [0.15, 0.2) is 11.6 Å². The largest absolute Gasteiger partial charge is 0.350 e. The van der Waals surface area contributed by atoms with E-state index in [-0.39, 0.29) is 5.56 Å². The molecule has 1 aliphatic carbocycles. The molecule has 5 nitrogen and oxygen atoms in total. The summed E-state index contributed by atoms with van der Waals surface area (Å²) in [4.78, 5) is 16.6. The minimum Gasteiger partial charge on any atom is -0.350 e. The Kier molecular flexibility index (Phi) is 5.14. The van der Waals surface area contributed by atoms with Gasteiger partial charge < -0.3 is 5.32 Å². The summed E-state index contributed by atoms with van der Waals surface area (Å²) in [5, 5.41) is 7.50. The van der Waals surface area contributed by atoms with Gasteiger partial charge in [0, 0.05) is 29.6 Å². The van der Waals surface area contributed by atoms with Crippen LogP contribution in [0.25, 0.3) is 11.4 Å². The van der Waals surface area contributed by atoms with E-state index in [9.17, 15) is 13.6 Å².